The summed E-state index contributed by atoms with van der Waals surface area (Å²) in [5.74, 6) is -1.30. The fourth-order valence-electron chi connectivity index (χ4n) is 1.12. The lowest BCUT2D eigenvalue weighted by molar-refractivity contribution is -0.141. The maximum absolute atomic E-state index is 10.9. The SMILES string of the molecule is O=PC(CO)(C(=O)O)c1ccccc1. The molecule has 0 radical (unpaired) electrons. The van der Waals surface area contributed by atoms with E-state index in [1.54, 1.807) is 18.2 Å². The summed E-state index contributed by atoms with van der Waals surface area (Å²) >= 11 is 0. The van der Waals surface area contributed by atoms with Crippen LogP contribution < -0.4 is 0 Å². The van der Waals surface area contributed by atoms with Crippen molar-refractivity contribution in [3.8, 4) is 0 Å². The van der Waals surface area contributed by atoms with Gasteiger partial charge in [0.05, 0.1) is 6.61 Å². The second kappa shape index (κ2) is 4.31. The highest BCUT2D eigenvalue weighted by molar-refractivity contribution is 7.27. The largest absolute Gasteiger partial charge is 0.480 e. The topological polar surface area (TPSA) is 74.6 Å². The molecule has 0 spiro atoms. The van der Waals surface area contributed by atoms with Crippen molar-refractivity contribution in [1.82, 2.24) is 0 Å². The molecule has 1 aromatic rings. The van der Waals surface area contributed by atoms with E-state index in [1.807, 2.05) is 0 Å². The van der Waals surface area contributed by atoms with E-state index in [0.29, 0.717) is 5.56 Å². The minimum Gasteiger partial charge on any atom is -0.480 e. The molecule has 0 amide bonds. The van der Waals surface area contributed by atoms with E-state index in [1.165, 1.54) is 12.1 Å². The molecule has 5 heteroatoms. The number of hydrogen-bond acceptors (Lipinski definition) is 3. The summed E-state index contributed by atoms with van der Waals surface area (Å²) in [7, 11) is -0.622. The first-order chi connectivity index (χ1) is 6.67. The summed E-state index contributed by atoms with van der Waals surface area (Å²) in [6.07, 6.45) is 0. The van der Waals surface area contributed by atoms with Gasteiger partial charge >= 0.3 is 5.97 Å². The van der Waals surface area contributed by atoms with Gasteiger partial charge in [-0.2, -0.15) is 0 Å². The van der Waals surface area contributed by atoms with Gasteiger partial charge in [-0.25, -0.2) is 0 Å². The Hall–Kier alpha value is -1.25. The summed E-state index contributed by atoms with van der Waals surface area (Å²) in [5.41, 5.74) is 0.326. The third-order valence-electron chi connectivity index (χ3n) is 1.99. The van der Waals surface area contributed by atoms with Gasteiger partial charge in [0.15, 0.2) is 13.6 Å². The zero-order chi connectivity index (χ0) is 10.6. The molecule has 0 saturated heterocycles. The highest BCUT2D eigenvalue weighted by Gasteiger charge is 2.41. The van der Waals surface area contributed by atoms with Gasteiger partial charge in [-0.3, -0.25) is 9.36 Å². The second-order valence-electron chi connectivity index (χ2n) is 2.78. The molecule has 0 aliphatic carbocycles. The van der Waals surface area contributed by atoms with Crippen LogP contribution in [0.2, 0.25) is 0 Å². The van der Waals surface area contributed by atoms with Crippen LogP contribution in [-0.2, 0) is 14.5 Å². The smallest absolute Gasteiger partial charge is 0.328 e. The van der Waals surface area contributed by atoms with Crippen LogP contribution in [-0.4, -0.2) is 22.8 Å². The number of aliphatic hydroxyl groups excluding tert-OH is 1. The lowest BCUT2D eigenvalue weighted by Gasteiger charge is -2.19. The summed E-state index contributed by atoms with van der Waals surface area (Å²) in [6.45, 7) is -0.697. The number of carboxylic acid groups (broad SMARTS) is 1. The number of benzene rings is 1. The predicted molar refractivity (Wildman–Crippen MR) is 50.4 cm³/mol. The summed E-state index contributed by atoms with van der Waals surface area (Å²) in [5, 5.41) is 16.2. The van der Waals surface area contributed by atoms with E-state index < -0.39 is 26.2 Å². The third-order valence-corrected chi connectivity index (χ3v) is 2.89. The van der Waals surface area contributed by atoms with Crippen molar-refractivity contribution in [2.75, 3.05) is 6.61 Å². The van der Waals surface area contributed by atoms with Crippen LogP contribution in [0.25, 0.3) is 0 Å². The van der Waals surface area contributed by atoms with Gasteiger partial charge in [0, 0.05) is 0 Å². The molecule has 1 rings (SSSR count). The van der Waals surface area contributed by atoms with Gasteiger partial charge < -0.3 is 10.2 Å². The quantitative estimate of drug-likeness (QED) is 0.736. The van der Waals surface area contributed by atoms with Crippen LogP contribution in [0.5, 0.6) is 0 Å². The van der Waals surface area contributed by atoms with Crippen LogP contribution in [0.3, 0.4) is 0 Å². The Morgan fingerprint density at radius 3 is 2.29 bits per heavy atom. The maximum Gasteiger partial charge on any atom is 0.328 e. The van der Waals surface area contributed by atoms with Gasteiger partial charge in [-0.05, 0) is 5.56 Å². The Morgan fingerprint density at radius 1 is 1.36 bits per heavy atom. The monoisotopic (exact) mass is 212 g/mol. The first-order valence-electron chi connectivity index (χ1n) is 3.91. The molecule has 0 bridgehead atoms. The standard InChI is InChI=1S/C9H9O4P/c10-6-9(14-13,8(11)12)7-4-2-1-3-5-7/h1-5,10H,6H2,(H,11,12). The normalized spacial score (nSPS) is 14.9. The highest BCUT2D eigenvalue weighted by Crippen LogP contribution is 2.34. The maximum atomic E-state index is 10.9. The van der Waals surface area contributed by atoms with Gasteiger partial charge in [0.2, 0.25) is 0 Å². The molecular formula is C9H9O4P. The molecule has 0 heterocycles. The summed E-state index contributed by atoms with van der Waals surface area (Å²) in [6, 6.07) is 8.03. The highest BCUT2D eigenvalue weighted by atomic mass is 31.1. The number of rotatable bonds is 4. The molecule has 0 aliphatic rings. The van der Waals surface area contributed by atoms with Gasteiger partial charge in [-0.1, -0.05) is 30.3 Å². The lowest BCUT2D eigenvalue weighted by Crippen LogP contribution is -2.33. The van der Waals surface area contributed by atoms with Crippen molar-refractivity contribution in [2.24, 2.45) is 0 Å². The van der Waals surface area contributed by atoms with Crippen LogP contribution >= 0.6 is 8.46 Å². The number of carboxylic acids is 1. The molecule has 0 saturated carbocycles. The van der Waals surface area contributed by atoms with Gasteiger partial charge in [0.1, 0.15) is 0 Å². The van der Waals surface area contributed by atoms with Crippen molar-refractivity contribution in [3.05, 3.63) is 35.9 Å². The lowest BCUT2D eigenvalue weighted by atomic mass is 9.99. The molecule has 14 heavy (non-hydrogen) atoms. The molecule has 2 N–H and O–H groups in total. The van der Waals surface area contributed by atoms with Gasteiger partial charge in [-0.15, -0.1) is 0 Å². The fraction of sp³-hybridized carbons (Fsp3) is 0.222. The Labute approximate surface area is 82.4 Å². The summed E-state index contributed by atoms with van der Waals surface area (Å²) in [4.78, 5) is 10.9. The molecule has 0 aromatic heterocycles. The van der Waals surface area contributed by atoms with E-state index in [0.717, 1.165) is 0 Å². The Balaban J connectivity index is 3.24. The average Bonchev–Trinajstić information content (AvgIpc) is 2.22. The van der Waals surface area contributed by atoms with Crippen molar-refractivity contribution >= 4 is 14.4 Å². The minimum absolute atomic E-state index is 0.326. The van der Waals surface area contributed by atoms with Gasteiger partial charge in [0.25, 0.3) is 0 Å². The predicted octanol–water partition coefficient (Wildman–Crippen LogP) is 1.25. The van der Waals surface area contributed by atoms with Crippen molar-refractivity contribution < 1.29 is 19.6 Å². The zero-order valence-electron chi connectivity index (χ0n) is 7.25. The van der Waals surface area contributed by atoms with E-state index in [4.69, 9.17) is 10.2 Å². The van der Waals surface area contributed by atoms with E-state index >= 15 is 0 Å². The second-order valence-corrected chi connectivity index (χ2v) is 3.73. The molecule has 0 fully saturated rings. The number of aliphatic carboxylic acids is 1. The van der Waals surface area contributed by atoms with Crippen LogP contribution in [0.15, 0.2) is 30.3 Å². The van der Waals surface area contributed by atoms with Crippen molar-refractivity contribution in [1.29, 1.82) is 0 Å². The number of carbonyl (C=O) groups is 1. The van der Waals surface area contributed by atoms with Crippen molar-refractivity contribution in [2.45, 2.75) is 5.16 Å². The number of aliphatic hydroxyl groups is 1. The molecule has 1 unspecified atom stereocenters. The molecular weight excluding hydrogens is 203 g/mol. The van der Waals surface area contributed by atoms with E-state index in [2.05, 4.69) is 0 Å². The van der Waals surface area contributed by atoms with E-state index in [9.17, 15) is 9.36 Å². The zero-order valence-corrected chi connectivity index (χ0v) is 8.15. The van der Waals surface area contributed by atoms with Crippen molar-refractivity contribution in [3.63, 3.8) is 0 Å². The van der Waals surface area contributed by atoms with Crippen LogP contribution in [0.1, 0.15) is 5.56 Å². The molecule has 1 aromatic carbocycles. The first-order valence-corrected chi connectivity index (χ1v) is 4.73. The fourth-order valence-corrected chi connectivity index (χ4v) is 1.51. The Bertz CT molecular complexity index is 338. The molecule has 74 valence electrons. The van der Waals surface area contributed by atoms with Crippen LogP contribution in [0, 0.1) is 0 Å². The number of hydrogen-bond donors (Lipinski definition) is 2. The Kier molecular flexibility index (Phi) is 3.33. The first kappa shape index (κ1) is 10.8. The van der Waals surface area contributed by atoms with Crippen LogP contribution in [0.4, 0.5) is 0 Å². The minimum atomic E-state index is -1.73. The molecule has 0 aliphatic heterocycles. The third kappa shape index (κ3) is 1.67. The molecule has 4 nitrogen and oxygen atoms in total. The molecule has 1 atom stereocenters. The average molecular weight is 212 g/mol. The van der Waals surface area contributed by atoms with E-state index in [-0.39, 0.29) is 0 Å². The summed E-state index contributed by atoms with van der Waals surface area (Å²) < 4.78 is 10.9. The Morgan fingerprint density at radius 2 is 1.93 bits per heavy atom.